The van der Waals surface area contributed by atoms with Gasteiger partial charge in [0.2, 0.25) is 5.71 Å². The van der Waals surface area contributed by atoms with Gasteiger partial charge in [0.1, 0.15) is 5.39 Å². The predicted octanol–water partition coefficient (Wildman–Crippen LogP) is 2.32. The van der Waals surface area contributed by atoms with Crippen molar-refractivity contribution in [2.75, 3.05) is 0 Å². The van der Waals surface area contributed by atoms with E-state index < -0.39 is 16.9 Å². The topological polar surface area (TPSA) is 95.9 Å². The number of H-pyrrole nitrogens is 2. The van der Waals surface area contributed by atoms with Crippen LogP contribution in [0.15, 0.2) is 24.9 Å². The summed E-state index contributed by atoms with van der Waals surface area (Å²) >= 11 is 0. The molecular formula is C19H22N2O4. The smallest absolute Gasteiger partial charge is 0.337 e. The molecule has 0 atom stereocenters. The summed E-state index contributed by atoms with van der Waals surface area (Å²) in [4.78, 5) is 40.2. The van der Waals surface area contributed by atoms with E-state index in [9.17, 15) is 14.4 Å². The van der Waals surface area contributed by atoms with Gasteiger partial charge in [-0.1, -0.05) is 0 Å². The Morgan fingerprint density at radius 3 is 2.28 bits per heavy atom. The van der Waals surface area contributed by atoms with E-state index >= 15 is 0 Å². The largest absolute Gasteiger partial charge is 0.405 e. The molecule has 4 aliphatic carbocycles. The lowest BCUT2D eigenvalue weighted by molar-refractivity contribution is -0.0569. The second kappa shape index (κ2) is 5.19. The first kappa shape index (κ1) is 15.2. The highest BCUT2D eigenvalue weighted by Crippen LogP contribution is 2.61. The highest BCUT2D eigenvalue weighted by atomic mass is 16.4. The molecule has 2 aromatic heterocycles. The summed E-state index contributed by atoms with van der Waals surface area (Å²) in [5, 5.41) is 0.309. The fraction of sp³-hybridized carbons (Fsp3) is 0.632. The molecule has 2 aromatic rings. The van der Waals surface area contributed by atoms with Gasteiger partial charge in [-0.2, -0.15) is 0 Å². The number of aromatic nitrogens is 2. The second-order valence-electron chi connectivity index (χ2n) is 8.62. The van der Waals surface area contributed by atoms with Gasteiger partial charge in [-0.25, -0.2) is 9.59 Å². The first-order chi connectivity index (χ1) is 12.0. The summed E-state index contributed by atoms with van der Waals surface area (Å²) in [7, 11) is 0. The molecule has 6 nitrogen and oxygen atoms in total. The van der Waals surface area contributed by atoms with Crippen molar-refractivity contribution in [1.29, 1.82) is 0 Å². The van der Waals surface area contributed by atoms with Crippen LogP contribution in [0.1, 0.15) is 50.5 Å². The van der Waals surface area contributed by atoms with Crippen molar-refractivity contribution in [2.24, 2.45) is 23.2 Å². The van der Waals surface area contributed by atoms with E-state index in [1.165, 1.54) is 44.6 Å². The third kappa shape index (κ3) is 2.50. The first-order valence-corrected chi connectivity index (χ1v) is 9.29. The minimum atomic E-state index is -0.654. The van der Waals surface area contributed by atoms with E-state index in [0.29, 0.717) is 22.8 Å². The predicted molar refractivity (Wildman–Crippen MR) is 92.7 cm³/mol. The van der Waals surface area contributed by atoms with Crippen LogP contribution in [0.5, 0.6) is 0 Å². The highest BCUT2D eigenvalue weighted by Gasteiger charge is 2.50. The summed E-state index contributed by atoms with van der Waals surface area (Å²) in [5.74, 6) is 2.63. The number of fused-ring (bicyclic) bond motifs is 1. The van der Waals surface area contributed by atoms with E-state index in [1.807, 2.05) is 0 Å². The van der Waals surface area contributed by atoms with Gasteiger partial charge in [-0.3, -0.25) is 14.8 Å². The molecule has 2 N–H and O–H groups in total. The fourth-order valence-corrected chi connectivity index (χ4v) is 6.37. The summed E-state index contributed by atoms with van der Waals surface area (Å²) < 4.78 is 5.03. The van der Waals surface area contributed by atoms with Crippen LogP contribution in [0.2, 0.25) is 0 Å². The van der Waals surface area contributed by atoms with Crippen LogP contribution in [-0.4, -0.2) is 9.97 Å². The molecule has 132 valence electrons. The molecule has 0 aliphatic heterocycles. The van der Waals surface area contributed by atoms with Crippen molar-refractivity contribution in [2.45, 2.75) is 51.4 Å². The maximum absolute atomic E-state index is 12.2. The van der Waals surface area contributed by atoms with Gasteiger partial charge in [0.25, 0.3) is 5.56 Å². The van der Waals surface area contributed by atoms with Crippen molar-refractivity contribution in [3.63, 3.8) is 0 Å². The Hall–Kier alpha value is -2.11. The molecule has 0 saturated heterocycles. The minimum Gasteiger partial charge on any atom is -0.405 e. The van der Waals surface area contributed by atoms with E-state index in [4.69, 9.17) is 4.42 Å². The lowest BCUT2D eigenvalue weighted by Gasteiger charge is -2.57. The molecule has 0 amide bonds. The Morgan fingerprint density at radius 2 is 1.64 bits per heavy atom. The fourth-order valence-electron chi connectivity index (χ4n) is 6.37. The average Bonchev–Trinajstić information content (AvgIpc) is 2.50. The third-order valence-corrected chi connectivity index (χ3v) is 6.81. The zero-order valence-electron chi connectivity index (χ0n) is 14.1. The summed E-state index contributed by atoms with van der Waals surface area (Å²) in [6.07, 6.45) is 9.79. The number of aromatic amines is 2. The number of nitrogens with one attached hydrogen (secondary N) is 2. The minimum absolute atomic E-state index is 0.0123. The molecule has 0 unspecified atom stereocenters. The van der Waals surface area contributed by atoms with Crippen LogP contribution in [0.3, 0.4) is 0 Å². The Labute approximate surface area is 143 Å². The van der Waals surface area contributed by atoms with Gasteiger partial charge in [-0.15, -0.1) is 0 Å². The number of hydrogen-bond acceptors (Lipinski definition) is 4. The molecule has 2 heterocycles. The number of aryl methyl sites for hydroxylation is 1. The summed E-state index contributed by atoms with van der Waals surface area (Å²) in [6, 6.07) is 1.41. The molecule has 4 aliphatic rings. The Kier molecular flexibility index (Phi) is 3.15. The Balaban J connectivity index is 1.50. The van der Waals surface area contributed by atoms with Crippen molar-refractivity contribution in [1.82, 2.24) is 9.97 Å². The van der Waals surface area contributed by atoms with Gasteiger partial charge in [0, 0.05) is 6.07 Å². The monoisotopic (exact) mass is 342 g/mol. The van der Waals surface area contributed by atoms with Gasteiger partial charge in [-0.05, 0) is 80.1 Å². The van der Waals surface area contributed by atoms with Crippen LogP contribution in [0.25, 0.3) is 11.1 Å². The molecular weight excluding hydrogens is 320 g/mol. The molecule has 25 heavy (non-hydrogen) atoms. The maximum Gasteiger partial charge on any atom is 0.337 e. The van der Waals surface area contributed by atoms with E-state index in [2.05, 4.69) is 9.97 Å². The maximum atomic E-state index is 12.2. The third-order valence-electron chi connectivity index (χ3n) is 6.81. The van der Waals surface area contributed by atoms with E-state index in [1.54, 1.807) is 0 Å². The Morgan fingerprint density at radius 1 is 1.00 bits per heavy atom. The average molecular weight is 342 g/mol. The number of hydrogen-bond donors (Lipinski definition) is 2. The molecule has 4 fully saturated rings. The zero-order valence-corrected chi connectivity index (χ0v) is 14.1. The molecule has 6 heteroatoms. The molecule has 4 bridgehead atoms. The van der Waals surface area contributed by atoms with Crippen LogP contribution in [0, 0.1) is 23.2 Å². The Bertz CT molecular complexity index is 972. The van der Waals surface area contributed by atoms with Crippen molar-refractivity contribution in [3.05, 3.63) is 42.9 Å². The van der Waals surface area contributed by atoms with Crippen LogP contribution < -0.4 is 16.9 Å². The van der Waals surface area contributed by atoms with Crippen LogP contribution in [0.4, 0.5) is 0 Å². The van der Waals surface area contributed by atoms with Crippen molar-refractivity contribution < 1.29 is 4.42 Å². The molecule has 0 spiro atoms. The normalized spacial score (nSPS) is 33.2. The SMILES string of the molecule is O=c1[nH]c(=O)c2c(CCC34CC5CC(CC(C5)C3)C4)cc(=O)oc2[nH]1. The first-order valence-electron chi connectivity index (χ1n) is 9.29. The lowest BCUT2D eigenvalue weighted by Crippen LogP contribution is -2.46. The van der Waals surface area contributed by atoms with Crippen LogP contribution >= 0.6 is 0 Å². The van der Waals surface area contributed by atoms with Gasteiger partial charge < -0.3 is 4.42 Å². The van der Waals surface area contributed by atoms with Gasteiger partial charge in [0.15, 0.2) is 0 Å². The van der Waals surface area contributed by atoms with Gasteiger partial charge in [0.05, 0.1) is 0 Å². The van der Waals surface area contributed by atoms with Gasteiger partial charge >= 0.3 is 11.3 Å². The summed E-state index contributed by atoms with van der Waals surface area (Å²) in [5.41, 5.74) is -0.594. The van der Waals surface area contributed by atoms with Crippen LogP contribution in [-0.2, 0) is 6.42 Å². The standard InChI is InChI=1S/C19H22N2O4/c22-14-6-13(15-16(23)20-18(24)21-17(15)25-14)1-2-19-7-10-3-11(8-19)5-12(4-10)9-19/h6,10-12H,1-5,7-9H2,(H2,20,21,23,24). The molecule has 0 aromatic carbocycles. The quantitative estimate of drug-likeness (QED) is 0.895. The van der Waals surface area contributed by atoms with E-state index in [0.717, 1.165) is 24.2 Å². The summed E-state index contributed by atoms with van der Waals surface area (Å²) in [6.45, 7) is 0. The lowest BCUT2D eigenvalue weighted by atomic mass is 9.48. The molecule has 6 rings (SSSR count). The molecule has 4 saturated carbocycles. The second-order valence-corrected chi connectivity index (χ2v) is 8.62. The van der Waals surface area contributed by atoms with E-state index in [-0.39, 0.29) is 5.71 Å². The number of rotatable bonds is 3. The molecule has 0 radical (unpaired) electrons. The highest BCUT2D eigenvalue weighted by molar-refractivity contribution is 5.75. The zero-order chi connectivity index (χ0) is 17.2. The van der Waals surface area contributed by atoms with Crippen molar-refractivity contribution in [3.8, 4) is 0 Å². The van der Waals surface area contributed by atoms with Crippen molar-refractivity contribution >= 4 is 11.1 Å².